The number of aromatic nitrogens is 2. The Balaban J connectivity index is 3.03. The Kier molecular flexibility index (Phi) is 6.29. The molecule has 0 bridgehead atoms. The van der Waals surface area contributed by atoms with Gasteiger partial charge in [0.25, 0.3) is 0 Å². The maximum atomic E-state index is 11.2. The highest BCUT2D eigenvalue weighted by Gasteiger charge is 2.24. The summed E-state index contributed by atoms with van der Waals surface area (Å²) in [5, 5.41) is 14.2. The molecular formula is C13H23N5O3. The first-order chi connectivity index (χ1) is 9.86. The van der Waals surface area contributed by atoms with Gasteiger partial charge < -0.3 is 15.0 Å². The molecule has 0 unspecified atom stereocenters. The Morgan fingerprint density at radius 1 is 1.43 bits per heavy atom. The van der Waals surface area contributed by atoms with Gasteiger partial charge in [-0.2, -0.15) is 4.98 Å². The molecule has 0 fully saturated rings. The van der Waals surface area contributed by atoms with Crippen LogP contribution in [-0.4, -0.2) is 47.7 Å². The highest BCUT2D eigenvalue weighted by Crippen LogP contribution is 2.28. The summed E-state index contributed by atoms with van der Waals surface area (Å²) in [6.45, 7) is 9.06. The molecule has 21 heavy (non-hydrogen) atoms. The molecule has 1 heterocycles. The van der Waals surface area contributed by atoms with Crippen LogP contribution in [0.2, 0.25) is 0 Å². The first kappa shape index (κ1) is 17.1. The number of likely N-dealkylation sites (N-methyl/N-ethyl adjacent to an activating group) is 1. The highest BCUT2D eigenvalue weighted by molar-refractivity contribution is 5.62. The predicted octanol–water partition coefficient (Wildman–Crippen LogP) is 1.99. The van der Waals surface area contributed by atoms with Gasteiger partial charge in [0.05, 0.1) is 17.6 Å². The van der Waals surface area contributed by atoms with Crippen molar-refractivity contribution in [2.75, 3.05) is 37.0 Å². The van der Waals surface area contributed by atoms with Crippen LogP contribution in [-0.2, 0) is 4.74 Å². The quantitative estimate of drug-likeness (QED) is 0.579. The second kappa shape index (κ2) is 7.72. The van der Waals surface area contributed by atoms with E-state index in [9.17, 15) is 10.1 Å². The maximum Gasteiger partial charge on any atom is 0.332 e. The molecule has 0 aliphatic rings. The van der Waals surface area contributed by atoms with Gasteiger partial charge in [-0.25, -0.2) is 4.98 Å². The number of nitrogens with zero attached hydrogens (tertiary/aromatic N) is 4. The summed E-state index contributed by atoms with van der Waals surface area (Å²) in [5.41, 5.74) is 0.279. The van der Waals surface area contributed by atoms with Crippen molar-refractivity contribution in [1.29, 1.82) is 0 Å². The lowest BCUT2D eigenvalue weighted by Crippen LogP contribution is -2.26. The molecule has 0 saturated carbocycles. The number of nitrogens with one attached hydrogen (secondary N) is 1. The van der Waals surface area contributed by atoms with Crippen LogP contribution in [0, 0.1) is 17.0 Å². The van der Waals surface area contributed by atoms with Crippen molar-refractivity contribution < 1.29 is 9.66 Å². The first-order valence-corrected chi connectivity index (χ1v) is 6.96. The minimum Gasteiger partial charge on any atom is -0.377 e. The lowest BCUT2D eigenvalue weighted by Gasteiger charge is -2.20. The van der Waals surface area contributed by atoms with Gasteiger partial charge >= 0.3 is 5.69 Å². The standard InChI is InChI=1S/C13H23N5O3/c1-6-14-13-15-10(4)11(18(19)20)12(16-13)17(5)7-8-21-9(2)3/h9H,6-8H2,1-5H3,(H,14,15,16). The number of hydrogen-bond donors (Lipinski definition) is 1. The van der Waals surface area contributed by atoms with E-state index < -0.39 is 4.92 Å². The summed E-state index contributed by atoms with van der Waals surface area (Å²) in [6.07, 6.45) is 0.123. The molecule has 1 aromatic rings. The average Bonchev–Trinajstić information content (AvgIpc) is 2.37. The van der Waals surface area contributed by atoms with Crippen molar-refractivity contribution in [2.24, 2.45) is 0 Å². The number of aryl methyl sites for hydroxylation is 1. The number of hydrogen-bond acceptors (Lipinski definition) is 7. The first-order valence-electron chi connectivity index (χ1n) is 6.96. The van der Waals surface area contributed by atoms with Gasteiger partial charge in [0, 0.05) is 20.1 Å². The molecule has 0 aromatic carbocycles. The summed E-state index contributed by atoms with van der Waals surface area (Å²) in [5.74, 6) is 0.697. The normalized spacial score (nSPS) is 10.8. The fourth-order valence-electron chi connectivity index (χ4n) is 1.80. The summed E-state index contributed by atoms with van der Waals surface area (Å²) in [4.78, 5) is 20.9. The molecule has 0 aliphatic carbocycles. The minimum absolute atomic E-state index is 0.0660. The van der Waals surface area contributed by atoms with Crippen LogP contribution in [0.4, 0.5) is 17.5 Å². The van der Waals surface area contributed by atoms with Gasteiger partial charge in [0.2, 0.25) is 11.8 Å². The van der Waals surface area contributed by atoms with E-state index in [0.29, 0.717) is 37.2 Å². The Bertz CT molecular complexity index is 493. The molecule has 1 rings (SSSR count). The second-order valence-corrected chi connectivity index (χ2v) is 4.93. The van der Waals surface area contributed by atoms with Crippen molar-refractivity contribution in [3.8, 4) is 0 Å². The zero-order chi connectivity index (χ0) is 16.0. The fraction of sp³-hybridized carbons (Fsp3) is 0.692. The van der Waals surface area contributed by atoms with E-state index in [2.05, 4.69) is 15.3 Å². The molecule has 0 amide bonds. The Morgan fingerprint density at radius 3 is 2.62 bits per heavy atom. The molecule has 1 aromatic heterocycles. The number of anilines is 2. The van der Waals surface area contributed by atoms with E-state index in [-0.39, 0.29) is 11.8 Å². The van der Waals surface area contributed by atoms with Crippen LogP contribution in [0.5, 0.6) is 0 Å². The fourth-order valence-corrected chi connectivity index (χ4v) is 1.80. The SMILES string of the molecule is CCNc1nc(C)c([N+](=O)[O-])c(N(C)CCOC(C)C)n1. The van der Waals surface area contributed by atoms with E-state index in [1.165, 1.54) is 0 Å². The number of nitro groups is 1. The summed E-state index contributed by atoms with van der Waals surface area (Å²) in [6, 6.07) is 0. The molecule has 118 valence electrons. The van der Waals surface area contributed by atoms with Crippen molar-refractivity contribution in [3.05, 3.63) is 15.8 Å². The van der Waals surface area contributed by atoms with Gasteiger partial charge in [-0.1, -0.05) is 0 Å². The van der Waals surface area contributed by atoms with Crippen molar-refractivity contribution in [1.82, 2.24) is 9.97 Å². The number of rotatable bonds is 8. The van der Waals surface area contributed by atoms with Crippen molar-refractivity contribution in [3.63, 3.8) is 0 Å². The zero-order valence-electron chi connectivity index (χ0n) is 13.2. The Labute approximate surface area is 124 Å². The number of ether oxygens (including phenoxy) is 1. The van der Waals surface area contributed by atoms with E-state index in [4.69, 9.17) is 4.74 Å². The Hall–Kier alpha value is -1.96. The van der Waals surface area contributed by atoms with Crippen LogP contribution in [0.3, 0.4) is 0 Å². The smallest absolute Gasteiger partial charge is 0.332 e. The van der Waals surface area contributed by atoms with Crippen molar-refractivity contribution in [2.45, 2.75) is 33.8 Å². The monoisotopic (exact) mass is 297 g/mol. The van der Waals surface area contributed by atoms with Gasteiger partial charge in [-0.05, 0) is 27.7 Å². The molecule has 0 spiro atoms. The summed E-state index contributed by atoms with van der Waals surface area (Å²) >= 11 is 0. The molecule has 0 aliphatic heterocycles. The van der Waals surface area contributed by atoms with Crippen LogP contribution >= 0.6 is 0 Å². The van der Waals surface area contributed by atoms with Gasteiger partial charge in [0.1, 0.15) is 5.69 Å². The van der Waals surface area contributed by atoms with Crippen molar-refractivity contribution >= 4 is 17.5 Å². The topological polar surface area (TPSA) is 93.4 Å². The molecule has 0 saturated heterocycles. The summed E-state index contributed by atoms with van der Waals surface area (Å²) < 4.78 is 5.47. The third-order valence-electron chi connectivity index (χ3n) is 2.80. The lowest BCUT2D eigenvalue weighted by molar-refractivity contribution is -0.385. The van der Waals surface area contributed by atoms with Crippen LogP contribution in [0.1, 0.15) is 26.5 Å². The zero-order valence-corrected chi connectivity index (χ0v) is 13.2. The van der Waals surface area contributed by atoms with E-state index >= 15 is 0 Å². The van der Waals surface area contributed by atoms with Gasteiger partial charge in [-0.15, -0.1) is 0 Å². The molecule has 1 N–H and O–H groups in total. The lowest BCUT2D eigenvalue weighted by atomic mass is 10.3. The maximum absolute atomic E-state index is 11.2. The van der Waals surface area contributed by atoms with Crippen LogP contribution in [0.25, 0.3) is 0 Å². The molecule has 0 atom stereocenters. The molecular weight excluding hydrogens is 274 g/mol. The third-order valence-corrected chi connectivity index (χ3v) is 2.80. The highest BCUT2D eigenvalue weighted by atomic mass is 16.6. The average molecular weight is 297 g/mol. The molecule has 8 heteroatoms. The van der Waals surface area contributed by atoms with E-state index in [1.807, 2.05) is 20.8 Å². The molecule has 0 radical (unpaired) electrons. The molecule has 8 nitrogen and oxygen atoms in total. The Morgan fingerprint density at radius 2 is 2.10 bits per heavy atom. The minimum atomic E-state index is -0.444. The van der Waals surface area contributed by atoms with E-state index in [1.54, 1.807) is 18.9 Å². The summed E-state index contributed by atoms with van der Waals surface area (Å²) in [7, 11) is 1.76. The van der Waals surface area contributed by atoms with Gasteiger partial charge in [-0.3, -0.25) is 10.1 Å². The predicted molar refractivity (Wildman–Crippen MR) is 81.9 cm³/mol. The van der Waals surface area contributed by atoms with E-state index in [0.717, 1.165) is 0 Å². The second-order valence-electron chi connectivity index (χ2n) is 4.93. The van der Waals surface area contributed by atoms with Crippen LogP contribution in [0.15, 0.2) is 0 Å². The third kappa shape index (κ3) is 4.82. The van der Waals surface area contributed by atoms with Crippen LogP contribution < -0.4 is 10.2 Å². The largest absolute Gasteiger partial charge is 0.377 e. The van der Waals surface area contributed by atoms with Gasteiger partial charge in [0.15, 0.2) is 0 Å².